The van der Waals surface area contributed by atoms with E-state index >= 15 is 0 Å². The number of rotatable bonds is 17. The van der Waals surface area contributed by atoms with Crippen molar-refractivity contribution in [1.29, 1.82) is 0 Å². The summed E-state index contributed by atoms with van der Waals surface area (Å²) in [7, 11) is 0. The number of carbonyl (C=O) groups excluding carboxylic acids is 1. The van der Waals surface area contributed by atoms with E-state index in [1.807, 2.05) is 13.8 Å². The van der Waals surface area contributed by atoms with Gasteiger partial charge in [0.15, 0.2) is 0 Å². The van der Waals surface area contributed by atoms with Crippen molar-refractivity contribution >= 4 is 5.97 Å². The summed E-state index contributed by atoms with van der Waals surface area (Å²) >= 11 is 0. The molecule has 0 rings (SSSR count). The Hall–Kier alpha value is -0.570. The van der Waals surface area contributed by atoms with Crippen LogP contribution in [0.15, 0.2) is 0 Å². The number of hydrogen-bond acceptors (Lipinski definition) is 3. The molecular weight excluding hydrogens is 300 g/mol. The Morgan fingerprint density at radius 2 is 1.21 bits per heavy atom. The molecule has 0 saturated carbocycles. The lowest BCUT2D eigenvalue weighted by atomic mass is 9.96. The van der Waals surface area contributed by atoms with Crippen molar-refractivity contribution in [3.63, 3.8) is 0 Å². The van der Waals surface area contributed by atoms with Crippen molar-refractivity contribution in [3.05, 3.63) is 0 Å². The Labute approximate surface area is 150 Å². The van der Waals surface area contributed by atoms with Crippen molar-refractivity contribution in [2.45, 2.75) is 111 Å². The molecule has 0 amide bonds. The summed E-state index contributed by atoms with van der Waals surface area (Å²) in [5.74, 6) is -0.125. The monoisotopic (exact) mass is 342 g/mol. The smallest absolute Gasteiger partial charge is 0.305 e. The van der Waals surface area contributed by atoms with Crippen LogP contribution in [-0.4, -0.2) is 24.3 Å². The molecular formula is C21H42O3. The van der Waals surface area contributed by atoms with Gasteiger partial charge in [-0.15, -0.1) is 0 Å². The third-order valence-electron chi connectivity index (χ3n) is 4.54. The van der Waals surface area contributed by atoms with Gasteiger partial charge in [0.25, 0.3) is 0 Å². The number of esters is 1. The van der Waals surface area contributed by atoms with Crippen LogP contribution in [0.1, 0.15) is 111 Å². The van der Waals surface area contributed by atoms with Gasteiger partial charge in [0.2, 0.25) is 0 Å². The van der Waals surface area contributed by atoms with Crippen LogP contribution >= 0.6 is 0 Å². The minimum atomic E-state index is -0.328. The zero-order chi connectivity index (χ0) is 18.1. The lowest BCUT2D eigenvalue weighted by Crippen LogP contribution is -2.25. The maximum absolute atomic E-state index is 11.6. The van der Waals surface area contributed by atoms with E-state index < -0.39 is 0 Å². The maximum Gasteiger partial charge on any atom is 0.305 e. The number of carbonyl (C=O) groups is 1. The molecule has 0 aliphatic carbocycles. The van der Waals surface area contributed by atoms with E-state index in [0.29, 0.717) is 13.0 Å². The average molecular weight is 343 g/mol. The summed E-state index contributed by atoms with van der Waals surface area (Å²) in [6, 6.07) is 0. The van der Waals surface area contributed by atoms with Gasteiger partial charge in [-0.1, -0.05) is 97.8 Å². The highest BCUT2D eigenvalue weighted by molar-refractivity contribution is 5.69. The molecule has 0 spiro atoms. The minimum Gasteiger partial charge on any atom is -0.465 e. The standard InChI is InChI=1S/C21H42O3/c1-4-5-6-7-8-9-10-11-12-13-14-15-16-17-20(23)24-19-21(2,3)18-22/h22H,4-19H2,1-3H3. The second kappa shape index (κ2) is 15.9. The maximum atomic E-state index is 11.6. The van der Waals surface area contributed by atoms with Crippen LogP contribution in [-0.2, 0) is 9.53 Å². The fraction of sp³-hybridized carbons (Fsp3) is 0.952. The highest BCUT2D eigenvalue weighted by atomic mass is 16.5. The molecule has 0 radical (unpaired) electrons. The molecule has 3 heteroatoms. The molecule has 0 aromatic rings. The van der Waals surface area contributed by atoms with Crippen LogP contribution < -0.4 is 0 Å². The Morgan fingerprint density at radius 3 is 1.62 bits per heavy atom. The van der Waals surface area contributed by atoms with Crippen molar-refractivity contribution < 1.29 is 14.6 Å². The summed E-state index contributed by atoms with van der Waals surface area (Å²) in [6.45, 7) is 6.40. The van der Waals surface area contributed by atoms with Gasteiger partial charge in [-0.25, -0.2) is 0 Å². The molecule has 144 valence electrons. The van der Waals surface area contributed by atoms with Crippen LogP contribution in [0.3, 0.4) is 0 Å². The van der Waals surface area contributed by atoms with Crippen molar-refractivity contribution in [2.75, 3.05) is 13.2 Å². The molecule has 0 saturated heterocycles. The van der Waals surface area contributed by atoms with Crippen LogP contribution in [0.2, 0.25) is 0 Å². The van der Waals surface area contributed by atoms with E-state index in [1.165, 1.54) is 70.6 Å². The molecule has 0 aromatic carbocycles. The fourth-order valence-electron chi connectivity index (χ4n) is 2.68. The quantitative estimate of drug-likeness (QED) is 0.259. The zero-order valence-corrected chi connectivity index (χ0v) is 16.6. The lowest BCUT2D eigenvalue weighted by Gasteiger charge is -2.20. The third kappa shape index (κ3) is 16.3. The molecule has 0 bridgehead atoms. The van der Waals surface area contributed by atoms with Gasteiger partial charge in [0.05, 0.1) is 13.2 Å². The van der Waals surface area contributed by atoms with Gasteiger partial charge >= 0.3 is 5.97 Å². The van der Waals surface area contributed by atoms with E-state index in [9.17, 15) is 4.79 Å². The van der Waals surface area contributed by atoms with E-state index in [-0.39, 0.29) is 18.0 Å². The third-order valence-corrected chi connectivity index (χ3v) is 4.54. The molecule has 0 aliphatic heterocycles. The topological polar surface area (TPSA) is 46.5 Å². The molecule has 3 nitrogen and oxygen atoms in total. The van der Waals surface area contributed by atoms with E-state index in [1.54, 1.807) is 0 Å². The SMILES string of the molecule is CCCCCCCCCCCCCCCC(=O)OCC(C)(C)CO. The van der Waals surface area contributed by atoms with Gasteiger partial charge in [-0.05, 0) is 6.42 Å². The number of aliphatic hydroxyl groups is 1. The first-order valence-corrected chi connectivity index (χ1v) is 10.3. The van der Waals surface area contributed by atoms with Gasteiger partial charge in [0, 0.05) is 11.8 Å². The Balaban J connectivity index is 3.23. The highest BCUT2D eigenvalue weighted by Crippen LogP contribution is 2.15. The Bertz CT molecular complexity index is 287. The summed E-state index contributed by atoms with van der Waals surface area (Å²) in [6.07, 6.45) is 17.5. The van der Waals surface area contributed by atoms with Gasteiger partial charge in [-0.2, -0.15) is 0 Å². The van der Waals surface area contributed by atoms with Gasteiger partial charge in [-0.3, -0.25) is 4.79 Å². The second-order valence-corrected chi connectivity index (χ2v) is 7.98. The summed E-state index contributed by atoms with van der Waals surface area (Å²) < 4.78 is 5.21. The molecule has 0 aliphatic rings. The van der Waals surface area contributed by atoms with E-state index in [0.717, 1.165) is 12.8 Å². The first kappa shape index (κ1) is 23.4. The predicted molar refractivity (Wildman–Crippen MR) is 102 cm³/mol. The van der Waals surface area contributed by atoms with Crippen molar-refractivity contribution in [2.24, 2.45) is 5.41 Å². The molecule has 0 unspecified atom stereocenters. The molecule has 24 heavy (non-hydrogen) atoms. The van der Waals surface area contributed by atoms with Crippen LogP contribution in [0.5, 0.6) is 0 Å². The number of ether oxygens (including phenoxy) is 1. The highest BCUT2D eigenvalue weighted by Gasteiger charge is 2.18. The van der Waals surface area contributed by atoms with Crippen LogP contribution in [0.25, 0.3) is 0 Å². The summed E-state index contributed by atoms with van der Waals surface area (Å²) in [5.41, 5.74) is -0.328. The normalized spacial score (nSPS) is 11.7. The molecule has 0 aromatic heterocycles. The Kier molecular flexibility index (Phi) is 15.6. The number of unbranched alkanes of at least 4 members (excludes halogenated alkanes) is 12. The van der Waals surface area contributed by atoms with E-state index in [2.05, 4.69) is 6.92 Å². The zero-order valence-electron chi connectivity index (χ0n) is 16.6. The van der Waals surface area contributed by atoms with Crippen LogP contribution in [0, 0.1) is 5.41 Å². The number of hydrogen-bond donors (Lipinski definition) is 1. The van der Waals surface area contributed by atoms with Crippen LogP contribution in [0.4, 0.5) is 0 Å². The number of aliphatic hydroxyl groups excluding tert-OH is 1. The van der Waals surface area contributed by atoms with Crippen molar-refractivity contribution in [3.8, 4) is 0 Å². The molecule has 0 heterocycles. The summed E-state index contributed by atoms with van der Waals surface area (Å²) in [5, 5.41) is 9.11. The Morgan fingerprint density at radius 1 is 0.792 bits per heavy atom. The largest absolute Gasteiger partial charge is 0.465 e. The van der Waals surface area contributed by atoms with Gasteiger partial charge in [0.1, 0.15) is 0 Å². The fourth-order valence-corrected chi connectivity index (χ4v) is 2.68. The molecule has 0 atom stereocenters. The molecule has 0 fully saturated rings. The average Bonchev–Trinajstić information content (AvgIpc) is 2.57. The first-order valence-electron chi connectivity index (χ1n) is 10.3. The second-order valence-electron chi connectivity index (χ2n) is 7.98. The lowest BCUT2D eigenvalue weighted by molar-refractivity contribution is -0.147. The predicted octanol–water partition coefficient (Wildman–Crippen LogP) is 6.03. The van der Waals surface area contributed by atoms with E-state index in [4.69, 9.17) is 9.84 Å². The summed E-state index contributed by atoms with van der Waals surface area (Å²) in [4.78, 5) is 11.6. The first-order chi connectivity index (χ1) is 11.5. The minimum absolute atomic E-state index is 0.0407. The van der Waals surface area contributed by atoms with Crippen molar-refractivity contribution in [1.82, 2.24) is 0 Å². The molecule has 1 N–H and O–H groups in total. The van der Waals surface area contributed by atoms with Gasteiger partial charge < -0.3 is 9.84 Å².